The molecule has 0 saturated carbocycles. The number of anilines is 1. The predicted octanol–water partition coefficient (Wildman–Crippen LogP) is 5.50. The van der Waals surface area contributed by atoms with Gasteiger partial charge in [-0.25, -0.2) is 0 Å². The Bertz CT molecular complexity index is 838. The summed E-state index contributed by atoms with van der Waals surface area (Å²) in [6, 6.07) is 11.9. The van der Waals surface area contributed by atoms with Crippen molar-refractivity contribution in [1.29, 1.82) is 5.26 Å². The molecule has 3 nitrogen and oxygen atoms in total. The van der Waals surface area contributed by atoms with Crippen LogP contribution in [0.3, 0.4) is 0 Å². The topological polar surface area (TPSA) is 52.9 Å². The summed E-state index contributed by atoms with van der Waals surface area (Å²) in [4.78, 5) is 12.3. The van der Waals surface area contributed by atoms with E-state index in [2.05, 4.69) is 5.32 Å². The Morgan fingerprint density at radius 2 is 1.87 bits per heavy atom. The van der Waals surface area contributed by atoms with Gasteiger partial charge in [-0.2, -0.15) is 5.26 Å². The van der Waals surface area contributed by atoms with Gasteiger partial charge in [0.1, 0.15) is 11.6 Å². The van der Waals surface area contributed by atoms with Gasteiger partial charge in [-0.3, -0.25) is 4.79 Å². The molecule has 0 fully saturated rings. The highest BCUT2D eigenvalue weighted by atomic mass is 35.5. The zero-order valence-corrected chi connectivity index (χ0v) is 14.3. The van der Waals surface area contributed by atoms with Crippen LogP contribution in [0.25, 0.3) is 6.08 Å². The third-order valence-electron chi connectivity index (χ3n) is 3.14. The van der Waals surface area contributed by atoms with Gasteiger partial charge in [0.25, 0.3) is 5.91 Å². The third kappa shape index (κ3) is 4.27. The first-order chi connectivity index (χ1) is 10.9. The Morgan fingerprint density at radius 3 is 2.52 bits per heavy atom. The van der Waals surface area contributed by atoms with Crippen LogP contribution < -0.4 is 5.32 Å². The highest BCUT2D eigenvalue weighted by molar-refractivity contribution is 6.42. The molecule has 1 amide bonds. The highest BCUT2D eigenvalue weighted by Crippen LogP contribution is 2.25. The van der Waals surface area contributed by atoms with Crippen LogP contribution >= 0.6 is 34.8 Å². The molecule has 0 bridgehead atoms. The van der Waals surface area contributed by atoms with Crippen LogP contribution in [0.2, 0.25) is 15.1 Å². The number of hydrogen-bond acceptors (Lipinski definition) is 2. The van der Waals surface area contributed by atoms with Crippen molar-refractivity contribution in [3.63, 3.8) is 0 Å². The molecule has 2 rings (SSSR count). The summed E-state index contributed by atoms with van der Waals surface area (Å²) < 4.78 is 0. The summed E-state index contributed by atoms with van der Waals surface area (Å²) in [6.07, 6.45) is 1.44. The van der Waals surface area contributed by atoms with E-state index in [0.29, 0.717) is 26.3 Å². The Kier molecular flexibility index (Phi) is 5.68. The Hall–Kier alpha value is -1.99. The van der Waals surface area contributed by atoms with Crippen LogP contribution in [0.4, 0.5) is 5.69 Å². The summed E-state index contributed by atoms with van der Waals surface area (Å²) in [5.74, 6) is -0.524. The van der Waals surface area contributed by atoms with Crippen LogP contribution in [0.15, 0.2) is 42.0 Å². The predicted molar refractivity (Wildman–Crippen MR) is 94.9 cm³/mol. The van der Waals surface area contributed by atoms with Crippen LogP contribution in [0, 0.1) is 18.3 Å². The molecule has 0 aliphatic carbocycles. The lowest BCUT2D eigenvalue weighted by molar-refractivity contribution is -0.112. The lowest BCUT2D eigenvalue weighted by Gasteiger charge is -2.09. The van der Waals surface area contributed by atoms with E-state index in [1.807, 2.05) is 6.07 Å². The molecule has 0 atom stereocenters. The van der Waals surface area contributed by atoms with Crippen LogP contribution in [0.5, 0.6) is 0 Å². The van der Waals surface area contributed by atoms with Crippen LogP contribution in [-0.4, -0.2) is 5.91 Å². The highest BCUT2D eigenvalue weighted by Gasteiger charge is 2.12. The number of nitrogens with zero attached hydrogens (tertiary/aromatic N) is 1. The first-order valence-corrected chi connectivity index (χ1v) is 7.69. The summed E-state index contributed by atoms with van der Waals surface area (Å²) in [5, 5.41) is 13.2. The molecule has 0 aromatic heterocycles. The number of carbonyl (C=O) groups excluding carboxylic acids is 1. The Labute approximate surface area is 149 Å². The van der Waals surface area contributed by atoms with E-state index in [1.165, 1.54) is 6.08 Å². The van der Waals surface area contributed by atoms with Gasteiger partial charge in [-0.15, -0.1) is 0 Å². The number of halogens is 3. The average Bonchev–Trinajstić information content (AvgIpc) is 2.52. The zero-order valence-electron chi connectivity index (χ0n) is 12.0. The standard InChI is InChI=1S/C17H11Cl3N2O/c1-10-13(18)3-2-4-16(10)22-17(23)12(9-21)7-11-5-6-14(19)15(20)8-11/h2-8H,1H3,(H,22,23)/b12-7-. The van der Waals surface area contributed by atoms with Crippen molar-refractivity contribution in [3.05, 3.63) is 68.2 Å². The van der Waals surface area contributed by atoms with Gasteiger partial charge in [0.2, 0.25) is 0 Å². The number of amides is 1. The molecule has 2 aromatic carbocycles. The number of nitrogens with one attached hydrogen (secondary N) is 1. The Morgan fingerprint density at radius 1 is 1.13 bits per heavy atom. The number of benzene rings is 2. The largest absolute Gasteiger partial charge is 0.321 e. The van der Waals surface area contributed by atoms with E-state index in [0.717, 1.165) is 5.56 Å². The first-order valence-electron chi connectivity index (χ1n) is 6.55. The van der Waals surface area contributed by atoms with Crippen LogP contribution in [-0.2, 0) is 4.79 Å². The van der Waals surface area contributed by atoms with Gasteiger partial charge in [-0.05, 0) is 48.4 Å². The lowest BCUT2D eigenvalue weighted by Crippen LogP contribution is -2.14. The second-order valence-electron chi connectivity index (χ2n) is 4.71. The van der Waals surface area contributed by atoms with Crippen molar-refractivity contribution < 1.29 is 4.79 Å². The van der Waals surface area contributed by atoms with Gasteiger partial charge < -0.3 is 5.32 Å². The number of carbonyl (C=O) groups is 1. The summed E-state index contributed by atoms with van der Waals surface area (Å²) in [7, 11) is 0. The van der Waals surface area contributed by atoms with Gasteiger partial charge >= 0.3 is 0 Å². The molecule has 0 unspecified atom stereocenters. The number of rotatable bonds is 3. The fraction of sp³-hybridized carbons (Fsp3) is 0.0588. The van der Waals surface area contributed by atoms with Gasteiger partial charge in [0, 0.05) is 10.7 Å². The minimum atomic E-state index is -0.524. The normalized spacial score (nSPS) is 11.0. The molecule has 0 radical (unpaired) electrons. The average molecular weight is 366 g/mol. The van der Waals surface area contributed by atoms with Crippen molar-refractivity contribution in [3.8, 4) is 6.07 Å². The second kappa shape index (κ2) is 7.52. The number of nitriles is 1. The maximum absolute atomic E-state index is 12.3. The van der Waals surface area contributed by atoms with Crippen molar-refractivity contribution in [1.82, 2.24) is 0 Å². The van der Waals surface area contributed by atoms with E-state index >= 15 is 0 Å². The molecule has 0 aliphatic rings. The fourth-order valence-corrected chi connectivity index (χ4v) is 2.33. The van der Waals surface area contributed by atoms with E-state index in [9.17, 15) is 10.1 Å². The maximum Gasteiger partial charge on any atom is 0.266 e. The van der Waals surface area contributed by atoms with E-state index in [1.54, 1.807) is 43.3 Å². The molecule has 0 saturated heterocycles. The molecular weight excluding hydrogens is 355 g/mol. The minimum Gasteiger partial charge on any atom is -0.321 e. The molecule has 0 aliphatic heterocycles. The zero-order chi connectivity index (χ0) is 17.0. The smallest absolute Gasteiger partial charge is 0.266 e. The molecule has 116 valence electrons. The number of hydrogen-bond donors (Lipinski definition) is 1. The molecular formula is C17H11Cl3N2O. The monoisotopic (exact) mass is 364 g/mol. The quantitative estimate of drug-likeness (QED) is 0.576. The summed E-state index contributed by atoms with van der Waals surface area (Å²) in [6.45, 7) is 1.78. The molecule has 0 heterocycles. The van der Waals surface area contributed by atoms with E-state index in [4.69, 9.17) is 34.8 Å². The third-order valence-corrected chi connectivity index (χ3v) is 4.28. The van der Waals surface area contributed by atoms with Gasteiger partial charge in [0.15, 0.2) is 0 Å². The molecule has 23 heavy (non-hydrogen) atoms. The minimum absolute atomic E-state index is 0.0530. The summed E-state index contributed by atoms with van der Waals surface area (Å²) in [5.41, 5.74) is 1.84. The summed E-state index contributed by atoms with van der Waals surface area (Å²) >= 11 is 17.8. The first kappa shape index (κ1) is 17.4. The molecule has 6 heteroatoms. The lowest BCUT2D eigenvalue weighted by atomic mass is 10.1. The fourth-order valence-electron chi connectivity index (χ4n) is 1.85. The van der Waals surface area contributed by atoms with Crippen molar-refractivity contribution in [2.45, 2.75) is 6.92 Å². The van der Waals surface area contributed by atoms with Crippen molar-refractivity contribution in [2.24, 2.45) is 0 Å². The molecule has 0 spiro atoms. The van der Waals surface area contributed by atoms with Crippen molar-refractivity contribution >= 4 is 52.5 Å². The van der Waals surface area contributed by atoms with Gasteiger partial charge in [-0.1, -0.05) is 46.9 Å². The SMILES string of the molecule is Cc1c(Cl)cccc1NC(=O)/C(C#N)=C\c1ccc(Cl)c(Cl)c1. The maximum atomic E-state index is 12.3. The second-order valence-corrected chi connectivity index (χ2v) is 5.93. The van der Waals surface area contributed by atoms with Crippen molar-refractivity contribution in [2.75, 3.05) is 5.32 Å². The Balaban J connectivity index is 2.28. The van der Waals surface area contributed by atoms with Crippen LogP contribution in [0.1, 0.15) is 11.1 Å². The van der Waals surface area contributed by atoms with E-state index in [-0.39, 0.29) is 5.57 Å². The molecule has 2 aromatic rings. The molecule has 1 N–H and O–H groups in total. The van der Waals surface area contributed by atoms with E-state index < -0.39 is 5.91 Å². The van der Waals surface area contributed by atoms with Gasteiger partial charge in [0.05, 0.1) is 10.0 Å².